The topological polar surface area (TPSA) is 119 Å². The normalized spacial score (nSPS) is 15.8. The van der Waals surface area contributed by atoms with Gasteiger partial charge < -0.3 is 28.3 Å². The van der Waals surface area contributed by atoms with E-state index in [4.69, 9.17) is 19.0 Å². The molecule has 0 unspecified atom stereocenters. The van der Waals surface area contributed by atoms with Gasteiger partial charge in [0.25, 0.3) is 0 Å². The Bertz CT molecular complexity index is 1490. The van der Waals surface area contributed by atoms with Crippen molar-refractivity contribution in [1.82, 2.24) is 19.3 Å². The third kappa shape index (κ3) is 4.62. The minimum Gasteiger partial charge on any atom is -0.476 e. The van der Waals surface area contributed by atoms with Crippen LogP contribution in [0.15, 0.2) is 41.1 Å². The van der Waals surface area contributed by atoms with Gasteiger partial charge >= 0.3 is 12.1 Å². The molecule has 1 atom stereocenters. The SMILES string of the molecule is COC(=O)N1CCO[C@@H](Cc2c(-c3c(F)cc(-c4nc(C(=O)O)co4)cc3F)nc3cc(C)ccn23)C1. The molecule has 3 aromatic heterocycles. The molecule has 1 aliphatic rings. The molecule has 10 nitrogen and oxygen atoms in total. The van der Waals surface area contributed by atoms with Crippen molar-refractivity contribution in [3.63, 3.8) is 0 Å². The number of fused-ring (bicyclic) bond motifs is 1. The number of pyridine rings is 1. The molecule has 0 bridgehead atoms. The maximum Gasteiger partial charge on any atom is 0.409 e. The summed E-state index contributed by atoms with van der Waals surface area (Å²) >= 11 is 0. The Hall–Kier alpha value is -4.32. The van der Waals surface area contributed by atoms with E-state index in [-0.39, 0.29) is 48.0 Å². The second-order valence-corrected chi connectivity index (χ2v) is 8.61. The zero-order valence-electron chi connectivity index (χ0n) is 19.9. The molecule has 4 heterocycles. The van der Waals surface area contributed by atoms with Gasteiger partial charge in [0.2, 0.25) is 5.89 Å². The number of oxazole rings is 1. The molecule has 0 aliphatic carbocycles. The number of amides is 1. The maximum atomic E-state index is 15.5. The fourth-order valence-corrected chi connectivity index (χ4v) is 4.37. The lowest BCUT2D eigenvalue weighted by molar-refractivity contribution is -0.0241. The van der Waals surface area contributed by atoms with Crippen LogP contribution in [0.3, 0.4) is 0 Å². The van der Waals surface area contributed by atoms with E-state index in [0.29, 0.717) is 17.9 Å². The van der Waals surface area contributed by atoms with Crippen molar-refractivity contribution in [2.45, 2.75) is 19.4 Å². The number of aromatic nitrogens is 3. The van der Waals surface area contributed by atoms with Gasteiger partial charge in [-0.3, -0.25) is 0 Å². The number of hydrogen-bond acceptors (Lipinski definition) is 7. The molecule has 5 rings (SSSR count). The number of morpholine rings is 1. The zero-order chi connectivity index (χ0) is 26.3. The zero-order valence-corrected chi connectivity index (χ0v) is 19.9. The first-order chi connectivity index (χ1) is 17.7. The Morgan fingerprint density at radius 2 is 1.97 bits per heavy atom. The first-order valence-corrected chi connectivity index (χ1v) is 11.4. The van der Waals surface area contributed by atoms with Crippen molar-refractivity contribution >= 4 is 17.7 Å². The van der Waals surface area contributed by atoms with E-state index in [2.05, 4.69) is 9.97 Å². The van der Waals surface area contributed by atoms with Crippen LogP contribution in [-0.2, 0) is 15.9 Å². The second-order valence-electron chi connectivity index (χ2n) is 8.61. The number of ether oxygens (including phenoxy) is 2. The van der Waals surface area contributed by atoms with E-state index in [9.17, 15) is 9.59 Å². The van der Waals surface area contributed by atoms with Crippen LogP contribution >= 0.6 is 0 Å². The molecule has 12 heteroatoms. The van der Waals surface area contributed by atoms with E-state index in [0.717, 1.165) is 24.0 Å². The summed E-state index contributed by atoms with van der Waals surface area (Å²) in [5, 5.41) is 9.04. The minimum absolute atomic E-state index is 0.0586. The number of methoxy groups -OCH3 is 1. The summed E-state index contributed by atoms with van der Waals surface area (Å²) in [5.41, 5.74) is 1.20. The van der Waals surface area contributed by atoms with E-state index < -0.39 is 29.8 Å². The van der Waals surface area contributed by atoms with Crippen molar-refractivity contribution in [3.05, 3.63) is 65.3 Å². The monoisotopic (exact) mass is 512 g/mol. The largest absolute Gasteiger partial charge is 0.476 e. The van der Waals surface area contributed by atoms with Crippen LogP contribution in [0.1, 0.15) is 21.7 Å². The van der Waals surface area contributed by atoms with E-state index in [1.54, 1.807) is 16.7 Å². The molecule has 1 aromatic carbocycles. The Balaban J connectivity index is 1.57. The number of benzene rings is 1. The van der Waals surface area contributed by atoms with Gasteiger partial charge in [0.05, 0.1) is 43.3 Å². The standard InChI is InChI=1S/C25H22F2N4O6/c1-13-3-4-31-19(10-15-11-30(5-6-36-15)25(34)35-2)22(29-20(31)7-13)21-16(26)8-14(9-17(21)27)23-28-18(12-37-23)24(32)33/h3-4,7-9,12,15H,5-6,10-11H2,1-2H3,(H,32,33)/t15-/m0/s1. The lowest BCUT2D eigenvalue weighted by Gasteiger charge is -2.32. The number of carboxylic acids is 1. The number of halogens is 2. The van der Waals surface area contributed by atoms with Gasteiger partial charge in [-0.15, -0.1) is 0 Å². The Morgan fingerprint density at radius 3 is 2.65 bits per heavy atom. The van der Waals surface area contributed by atoms with E-state index in [1.165, 1.54) is 12.0 Å². The van der Waals surface area contributed by atoms with Crippen molar-refractivity contribution in [2.24, 2.45) is 0 Å². The molecule has 1 N–H and O–H groups in total. The predicted molar refractivity (Wildman–Crippen MR) is 125 cm³/mol. The summed E-state index contributed by atoms with van der Waals surface area (Å²) < 4.78 is 48.4. The van der Waals surface area contributed by atoms with Crippen LogP contribution in [0.25, 0.3) is 28.4 Å². The highest BCUT2D eigenvalue weighted by molar-refractivity contribution is 5.85. The van der Waals surface area contributed by atoms with Crippen molar-refractivity contribution in [1.29, 1.82) is 0 Å². The fraction of sp³-hybridized carbons (Fsp3) is 0.280. The van der Waals surface area contributed by atoms with Gasteiger partial charge in [-0.2, -0.15) is 0 Å². The van der Waals surface area contributed by atoms with Gasteiger partial charge in [-0.05, 0) is 36.8 Å². The maximum absolute atomic E-state index is 15.5. The number of aromatic carboxylic acids is 1. The number of carbonyl (C=O) groups is 2. The molecule has 0 radical (unpaired) electrons. The van der Waals surface area contributed by atoms with Crippen LogP contribution in [0.5, 0.6) is 0 Å². The van der Waals surface area contributed by atoms with Gasteiger partial charge in [0, 0.05) is 24.7 Å². The van der Waals surface area contributed by atoms with Crippen LogP contribution in [-0.4, -0.2) is 69.3 Å². The van der Waals surface area contributed by atoms with Gasteiger partial charge in [-0.25, -0.2) is 28.3 Å². The van der Waals surface area contributed by atoms with Crippen LogP contribution < -0.4 is 0 Å². The van der Waals surface area contributed by atoms with Gasteiger partial charge in [0.15, 0.2) is 5.69 Å². The van der Waals surface area contributed by atoms with Crippen LogP contribution in [0, 0.1) is 18.6 Å². The highest BCUT2D eigenvalue weighted by Crippen LogP contribution is 2.34. The summed E-state index contributed by atoms with van der Waals surface area (Å²) in [6.07, 6.45) is 1.94. The molecule has 192 valence electrons. The fourth-order valence-electron chi connectivity index (χ4n) is 4.37. The number of carbonyl (C=O) groups excluding carboxylic acids is 1. The summed E-state index contributed by atoms with van der Waals surface area (Å²) in [4.78, 5) is 32.9. The Labute approximate surface area is 209 Å². The average Bonchev–Trinajstić information content (AvgIpc) is 3.49. The number of hydrogen-bond donors (Lipinski definition) is 1. The summed E-state index contributed by atoms with van der Waals surface area (Å²) in [7, 11) is 1.30. The van der Waals surface area contributed by atoms with Gasteiger partial charge in [-0.1, -0.05) is 0 Å². The Morgan fingerprint density at radius 1 is 1.22 bits per heavy atom. The molecule has 1 amide bonds. The molecule has 0 spiro atoms. The molecule has 1 saturated heterocycles. The number of carboxylic acid groups (broad SMARTS) is 1. The van der Waals surface area contributed by atoms with Crippen LogP contribution in [0.2, 0.25) is 0 Å². The second kappa shape index (κ2) is 9.62. The number of imidazole rings is 1. The minimum atomic E-state index is -1.33. The molecule has 1 aliphatic heterocycles. The first kappa shape index (κ1) is 24.4. The third-order valence-electron chi connectivity index (χ3n) is 6.12. The lowest BCUT2D eigenvalue weighted by atomic mass is 10.0. The van der Waals surface area contributed by atoms with E-state index in [1.807, 2.05) is 13.0 Å². The molecule has 4 aromatic rings. The number of aryl methyl sites for hydroxylation is 1. The number of rotatable bonds is 5. The smallest absolute Gasteiger partial charge is 0.409 e. The van der Waals surface area contributed by atoms with Gasteiger partial charge in [0.1, 0.15) is 23.5 Å². The molecule has 1 fully saturated rings. The third-order valence-corrected chi connectivity index (χ3v) is 6.12. The molecular formula is C25H22F2N4O6. The molecule has 37 heavy (non-hydrogen) atoms. The summed E-state index contributed by atoms with van der Waals surface area (Å²) in [5.74, 6) is -3.40. The Kier molecular flexibility index (Phi) is 6.34. The van der Waals surface area contributed by atoms with E-state index >= 15 is 8.78 Å². The summed E-state index contributed by atoms with van der Waals surface area (Å²) in [6.45, 7) is 2.78. The first-order valence-electron chi connectivity index (χ1n) is 11.4. The van der Waals surface area contributed by atoms with Crippen molar-refractivity contribution in [3.8, 4) is 22.7 Å². The predicted octanol–water partition coefficient (Wildman–Crippen LogP) is 3.95. The quantitative estimate of drug-likeness (QED) is 0.427. The molecular weight excluding hydrogens is 490 g/mol. The van der Waals surface area contributed by atoms with Crippen LogP contribution in [0.4, 0.5) is 13.6 Å². The highest BCUT2D eigenvalue weighted by Gasteiger charge is 2.29. The average molecular weight is 512 g/mol. The lowest BCUT2D eigenvalue weighted by Crippen LogP contribution is -2.46. The van der Waals surface area contributed by atoms with Crippen molar-refractivity contribution < 1.29 is 37.4 Å². The van der Waals surface area contributed by atoms with Crippen molar-refractivity contribution in [2.75, 3.05) is 26.8 Å². The summed E-state index contributed by atoms with van der Waals surface area (Å²) in [6, 6.07) is 5.68. The highest BCUT2D eigenvalue weighted by atomic mass is 19.1. The number of nitrogens with zero attached hydrogens (tertiary/aromatic N) is 4. The molecule has 0 saturated carbocycles.